The smallest absolute Gasteiger partial charge is 0.456 e. The molecule has 4 aromatic rings. The van der Waals surface area contributed by atoms with Crippen LogP contribution in [-0.2, 0) is 15.7 Å². The van der Waals surface area contributed by atoms with Gasteiger partial charge in [0.15, 0.2) is 0 Å². The Balaban J connectivity index is 1.41. The third kappa shape index (κ3) is 3.50. The lowest BCUT2D eigenvalue weighted by atomic mass is 9.79. The topological polar surface area (TPSA) is 60.3 Å². The SMILES string of the molecule is CCc1ncc(-c2ccc(-c3cc4ccc(B5OC(C)(C)C(C)(C)O5)cc4o3)cc2)[nH]1. The van der Waals surface area contributed by atoms with E-state index in [2.05, 4.69) is 87.1 Å². The van der Waals surface area contributed by atoms with E-state index in [1.54, 1.807) is 0 Å². The van der Waals surface area contributed by atoms with Crippen molar-refractivity contribution >= 4 is 23.6 Å². The normalized spacial score (nSPS) is 17.5. The first-order valence-electron chi connectivity index (χ1n) is 10.8. The Morgan fingerprint density at radius 1 is 0.903 bits per heavy atom. The van der Waals surface area contributed by atoms with Gasteiger partial charge in [0, 0.05) is 17.4 Å². The summed E-state index contributed by atoms with van der Waals surface area (Å²) in [7, 11) is -0.398. The van der Waals surface area contributed by atoms with Gasteiger partial charge in [-0.25, -0.2) is 4.98 Å². The van der Waals surface area contributed by atoms with Crippen LogP contribution in [0.3, 0.4) is 0 Å². The van der Waals surface area contributed by atoms with Crippen molar-refractivity contribution in [3.05, 3.63) is 60.6 Å². The van der Waals surface area contributed by atoms with Gasteiger partial charge in [0.2, 0.25) is 0 Å². The molecule has 0 atom stereocenters. The Morgan fingerprint density at radius 2 is 1.58 bits per heavy atom. The predicted molar refractivity (Wildman–Crippen MR) is 124 cm³/mol. The first-order valence-corrected chi connectivity index (χ1v) is 10.8. The largest absolute Gasteiger partial charge is 0.494 e. The van der Waals surface area contributed by atoms with Gasteiger partial charge in [-0.15, -0.1) is 0 Å². The molecule has 1 aliphatic rings. The van der Waals surface area contributed by atoms with Gasteiger partial charge >= 0.3 is 7.12 Å². The van der Waals surface area contributed by atoms with E-state index in [1.807, 2.05) is 12.3 Å². The standard InChI is InChI=1S/C25H27BN2O3/c1-6-23-27-15-20(28-23)16-7-9-17(10-8-16)21-13-18-11-12-19(14-22(18)29-21)26-30-24(2,3)25(4,5)31-26/h7-15H,6H2,1-5H3,(H,27,28). The molecule has 3 heterocycles. The van der Waals surface area contributed by atoms with Gasteiger partial charge in [0.25, 0.3) is 0 Å². The van der Waals surface area contributed by atoms with Crippen LogP contribution in [0.4, 0.5) is 0 Å². The van der Waals surface area contributed by atoms with E-state index >= 15 is 0 Å². The summed E-state index contributed by atoms with van der Waals surface area (Å²) in [6.07, 6.45) is 2.78. The van der Waals surface area contributed by atoms with Crippen LogP contribution in [0.25, 0.3) is 33.6 Å². The number of fused-ring (bicyclic) bond motifs is 1. The van der Waals surface area contributed by atoms with Crippen molar-refractivity contribution < 1.29 is 13.7 Å². The zero-order valence-corrected chi connectivity index (χ0v) is 18.7. The molecule has 1 fully saturated rings. The van der Waals surface area contributed by atoms with Crippen LogP contribution in [0.15, 0.2) is 59.1 Å². The lowest BCUT2D eigenvalue weighted by molar-refractivity contribution is 0.00578. The number of H-pyrrole nitrogens is 1. The number of nitrogens with zero attached hydrogens (tertiary/aromatic N) is 1. The fourth-order valence-electron chi connectivity index (χ4n) is 3.82. The van der Waals surface area contributed by atoms with Crippen LogP contribution in [0.1, 0.15) is 40.4 Å². The van der Waals surface area contributed by atoms with Crippen molar-refractivity contribution in [3.8, 4) is 22.6 Å². The molecule has 6 heteroatoms. The summed E-state index contributed by atoms with van der Waals surface area (Å²) in [6.45, 7) is 10.3. The number of hydrogen-bond donors (Lipinski definition) is 1. The molecule has 1 N–H and O–H groups in total. The Labute approximate surface area is 182 Å². The van der Waals surface area contributed by atoms with Gasteiger partial charge in [-0.3, -0.25) is 0 Å². The van der Waals surface area contributed by atoms with Crippen molar-refractivity contribution in [3.63, 3.8) is 0 Å². The van der Waals surface area contributed by atoms with E-state index in [9.17, 15) is 0 Å². The number of aromatic amines is 1. The van der Waals surface area contributed by atoms with E-state index in [0.717, 1.165) is 51.3 Å². The molecule has 0 radical (unpaired) electrons. The molecule has 0 spiro atoms. The molecule has 0 aliphatic carbocycles. The number of nitrogens with one attached hydrogen (secondary N) is 1. The molecule has 5 nitrogen and oxygen atoms in total. The Hall–Kier alpha value is -2.83. The second kappa shape index (κ2) is 7.11. The third-order valence-electron chi connectivity index (χ3n) is 6.51. The highest BCUT2D eigenvalue weighted by Crippen LogP contribution is 2.37. The van der Waals surface area contributed by atoms with Gasteiger partial charge in [-0.1, -0.05) is 43.3 Å². The minimum Gasteiger partial charge on any atom is -0.456 e. The van der Waals surface area contributed by atoms with Crippen LogP contribution in [0.5, 0.6) is 0 Å². The first-order chi connectivity index (χ1) is 14.8. The molecular formula is C25H27BN2O3. The van der Waals surface area contributed by atoms with Crippen LogP contribution in [0.2, 0.25) is 0 Å². The molecule has 2 aromatic heterocycles. The van der Waals surface area contributed by atoms with Crippen LogP contribution >= 0.6 is 0 Å². The van der Waals surface area contributed by atoms with Crippen LogP contribution < -0.4 is 5.46 Å². The van der Waals surface area contributed by atoms with Crippen LogP contribution in [0, 0.1) is 0 Å². The average Bonchev–Trinajstić information content (AvgIpc) is 3.43. The maximum Gasteiger partial charge on any atom is 0.494 e. The number of furan rings is 1. The third-order valence-corrected chi connectivity index (χ3v) is 6.51. The maximum atomic E-state index is 6.19. The summed E-state index contributed by atoms with van der Waals surface area (Å²) >= 11 is 0. The van der Waals surface area contributed by atoms with Crippen molar-refractivity contribution in [2.75, 3.05) is 0 Å². The van der Waals surface area contributed by atoms with Gasteiger partial charge in [-0.2, -0.15) is 0 Å². The number of aromatic nitrogens is 2. The molecule has 5 rings (SSSR count). The van der Waals surface area contributed by atoms with Gasteiger partial charge in [-0.05, 0) is 50.9 Å². The van der Waals surface area contributed by atoms with E-state index < -0.39 is 7.12 Å². The summed E-state index contributed by atoms with van der Waals surface area (Å²) in [5.74, 6) is 1.83. The number of rotatable bonds is 4. The Bertz CT molecular complexity index is 1220. The molecule has 0 bridgehead atoms. The fourth-order valence-corrected chi connectivity index (χ4v) is 3.82. The minimum absolute atomic E-state index is 0.366. The van der Waals surface area contributed by atoms with E-state index in [0.29, 0.717) is 0 Å². The quantitative estimate of drug-likeness (QED) is 0.458. The first kappa shape index (κ1) is 20.1. The predicted octanol–water partition coefficient (Wildman–Crippen LogP) is 5.35. The molecule has 158 valence electrons. The molecule has 0 saturated carbocycles. The number of aryl methyl sites for hydroxylation is 1. The summed E-state index contributed by atoms with van der Waals surface area (Å²) in [5, 5.41) is 1.06. The monoisotopic (exact) mass is 414 g/mol. The van der Waals surface area contributed by atoms with E-state index in [1.165, 1.54) is 0 Å². The summed E-state index contributed by atoms with van der Waals surface area (Å²) in [6, 6.07) is 16.5. The molecule has 0 amide bonds. The number of benzene rings is 2. The number of imidazole rings is 1. The Morgan fingerprint density at radius 3 is 2.23 bits per heavy atom. The van der Waals surface area contributed by atoms with Crippen LogP contribution in [-0.4, -0.2) is 28.3 Å². The van der Waals surface area contributed by atoms with E-state index in [-0.39, 0.29) is 11.2 Å². The molecule has 1 saturated heterocycles. The van der Waals surface area contributed by atoms with E-state index in [4.69, 9.17) is 13.7 Å². The Kier molecular flexibility index (Phi) is 4.61. The van der Waals surface area contributed by atoms with Gasteiger partial charge in [0.05, 0.1) is 23.1 Å². The minimum atomic E-state index is -0.398. The zero-order valence-electron chi connectivity index (χ0n) is 18.7. The summed E-state index contributed by atoms with van der Waals surface area (Å²) < 4.78 is 18.6. The molecule has 31 heavy (non-hydrogen) atoms. The van der Waals surface area contributed by atoms with Crippen molar-refractivity contribution in [1.82, 2.24) is 9.97 Å². The molecular weight excluding hydrogens is 387 g/mol. The highest BCUT2D eigenvalue weighted by Gasteiger charge is 2.51. The summed E-state index contributed by atoms with van der Waals surface area (Å²) in [5.41, 5.74) is 4.23. The fraction of sp³-hybridized carbons (Fsp3) is 0.320. The van der Waals surface area contributed by atoms with Crippen molar-refractivity contribution in [1.29, 1.82) is 0 Å². The highest BCUT2D eigenvalue weighted by atomic mass is 16.7. The van der Waals surface area contributed by atoms with Gasteiger partial charge in [0.1, 0.15) is 17.2 Å². The lowest BCUT2D eigenvalue weighted by Crippen LogP contribution is -2.41. The van der Waals surface area contributed by atoms with Crippen molar-refractivity contribution in [2.45, 2.75) is 52.2 Å². The molecule has 1 aliphatic heterocycles. The maximum absolute atomic E-state index is 6.19. The summed E-state index contributed by atoms with van der Waals surface area (Å²) in [4.78, 5) is 7.73. The van der Waals surface area contributed by atoms with Crippen molar-refractivity contribution in [2.24, 2.45) is 0 Å². The second-order valence-corrected chi connectivity index (χ2v) is 9.17. The molecule has 0 unspecified atom stereocenters. The average molecular weight is 414 g/mol. The lowest BCUT2D eigenvalue weighted by Gasteiger charge is -2.32. The highest BCUT2D eigenvalue weighted by molar-refractivity contribution is 6.62. The number of hydrogen-bond acceptors (Lipinski definition) is 4. The molecule has 2 aromatic carbocycles. The zero-order chi connectivity index (χ0) is 21.8. The van der Waals surface area contributed by atoms with Gasteiger partial charge < -0.3 is 18.7 Å². The second-order valence-electron chi connectivity index (χ2n) is 9.17.